The highest BCUT2D eigenvalue weighted by Gasteiger charge is 2.11. The molecule has 5 nitrogen and oxygen atoms in total. The lowest BCUT2D eigenvalue weighted by Crippen LogP contribution is -2.21. The number of aryl methyl sites for hydroxylation is 1. The number of hydrogen-bond acceptors (Lipinski definition) is 3. The zero-order valence-electron chi connectivity index (χ0n) is 19.7. The minimum absolute atomic E-state index is 0.224. The van der Waals surface area contributed by atoms with Crippen LogP contribution in [-0.4, -0.2) is 29.8 Å². The molecule has 33 heavy (non-hydrogen) atoms. The summed E-state index contributed by atoms with van der Waals surface area (Å²) < 4.78 is 2.21. The molecule has 5 heteroatoms. The fourth-order valence-electron chi connectivity index (χ4n) is 4.27. The summed E-state index contributed by atoms with van der Waals surface area (Å²) in [4.78, 5) is 14.9. The molecular formula is C28H30N4O. The lowest BCUT2D eigenvalue weighted by Gasteiger charge is -2.21. The Morgan fingerprint density at radius 2 is 1.64 bits per heavy atom. The van der Waals surface area contributed by atoms with Gasteiger partial charge < -0.3 is 9.47 Å². The van der Waals surface area contributed by atoms with E-state index in [4.69, 9.17) is 0 Å². The van der Waals surface area contributed by atoms with Crippen molar-refractivity contribution in [3.8, 4) is 5.69 Å². The molecule has 0 aliphatic carbocycles. The van der Waals surface area contributed by atoms with Gasteiger partial charge in [-0.25, -0.2) is 5.43 Å². The van der Waals surface area contributed by atoms with Crippen LogP contribution in [0.3, 0.4) is 0 Å². The smallest absolute Gasteiger partial charge is 0.271 e. The highest BCUT2D eigenvalue weighted by molar-refractivity contribution is 5.99. The van der Waals surface area contributed by atoms with E-state index >= 15 is 0 Å². The summed E-state index contributed by atoms with van der Waals surface area (Å²) in [6.07, 6.45) is 1.71. The Kier molecular flexibility index (Phi) is 6.59. The third kappa shape index (κ3) is 4.67. The highest BCUT2D eigenvalue weighted by Crippen LogP contribution is 2.23. The van der Waals surface area contributed by atoms with Crippen molar-refractivity contribution in [1.82, 2.24) is 9.99 Å². The average Bonchev–Trinajstić information content (AvgIpc) is 3.12. The Balaban J connectivity index is 1.50. The first kappa shape index (κ1) is 22.3. The number of carbonyl (C=O) groups excluding carboxylic acids is 1. The third-order valence-electron chi connectivity index (χ3n) is 6.09. The summed E-state index contributed by atoms with van der Waals surface area (Å²) >= 11 is 0. The second-order valence-electron chi connectivity index (χ2n) is 8.11. The van der Waals surface area contributed by atoms with Crippen LogP contribution in [0.1, 0.15) is 41.2 Å². The molecular weight excluding hydrogens is 408 g/mol. The maximum atomic E-state index is 12.6. The topological polar surface area (TPSA) is 49.6 Å². The van der Waals surface area contributed by atoms with E-state index < -0.39 is 0 Å². The molecule has 1 amide bonds. The van der Waals surface area contributed by atoms with Gasteiger partial charge in [0, 0.05) is 47.0 Å². The Labute approximate surface area is 195 Å². The van der Waals surface area contributed by atoms with Gasteiger partial charge in [0.15, 0.2) is 0 Å². The first-order valence-electron chi connectivity index (χ1n) is 11.4. The van der Waals surface area contributed by atoms with E-state index in [1.54, 1.807) is 6.21 Å². The SMILES string of the molecule is CCN(CC)c1ccc(-n2c(C)cc(/C=N/NC(=O)c3ccc4ccccc4c3)c2C)cc1. The van der Waals surface area contributed by atoms with Crippen molar-refractivity contribution in [3.05, 3.63) is 95.3 Å². The number of nitrogens with zero attached hydrogens (tertiary/aromatic N) is 3. The molecule has 4 rings (SSSR count). The van der Waals surface area contributed by atoms with Gasteiger partial charge in [-0.1, -0.05) is 30.3 Å². The van der Waals surface area contributed by atoms with Crippen LogP contribution < -0.4 is 10.3 Å². The summed E-state index contributed by atoms with van der Waals surface area (Å²) in [6, 6.07) is 24.4. The first-order chi connectivity index (χ1) is 16.0. The highest BCUT2D eigenvalue weighted by atomic mass is 16.2. The van der Waals surface area contributed by atoms with Gasteiger partial charge in [0.2, 0.25) is 0 Å². The van der Waals surface area contributed by atoms with E-state index in [0.29, 0.717) is 5.56 Å². The zero-order chi connectivity index (χ0) is 23.4. The van der Waals surface area contributed by atoms with E-state index in [2.05, 4.69) is 78.0 Å². The number of hydrazone groups is 1. The van der Waals surface area contributed by atoms with Crippen LogP contribution in [0.25, 0.3) is 16.5 Å². The summed E-state index contributed by atoms with van der Waals surface area (Å²) in [5.74, 6) is -0.224. The number of carbonyl (C=O) groups is 1. The van der Waals surface area contributed by atoms with Gasteiger partial charge in [0.1, 0.15) is 0 Å². The monoisotopic (exact) mass is 438 g/mol. The van der Waals surface area contributed by atoms with Crippen LogP contribution in [0.2, 0.25) is 0 Å². The molecule has 0 bridgehead atoms. The lowest BCUT2D eigenvalue weighted by atomic mass is 10.1. The number of amides is 1. The molecule has 0 aliphatic heterocycles. The normalized spacial score (nSPS) is 11.3. The quantitative estimate of drug-likeness (QED) is 0.290. The molecule has 168 valence electrons. The lowest BCUT2D eigenvalue weighted by molar-refractivity contribution is 0.0955. The maximum Gasteiger partial charge on any atom is 0.271 e. The summed E-state index contributed by atoms with van der Waals surface area (Å²) in [5.41, 5.74) is 8.75. The first-order valence-corrected chi connectivity index (χ1v) is 11.4. The molecule has 1 aromatic heterocycles. The van der Waals surface area contributed by atoms with E-state index in [0.717, 1.165) is 46.5 Å². The molecule has 0 saturated carbocycles. The fourth-order valence-corrected chi connectivity index (χ4v) is 4.27. The molecule has 3 aromatic carbocycles. The molecule has 0 aliphatic rings. The largest absolute Gasteiger partial charge is 0.372 e. The van der Waals surface area contributed by atoms with Gasteiger partial charge >= 0.3 is 0 Å². The van der Waals surface area contributed by atoms with Gasteiger partial charge in [-0.05, 0) is 80.9 Å². The Morgan fingerprint density at radius 1 is 0.939 bits per heavy atom. The minimum atomic E-state index is -0.224. The van der Waals surface area contributed by atoms with Crippen molar-refractivity contribution < 1.29 is 4.79 Å². The van der Waals surface area contributed by atoms with Gasteiger partial charge in [-0.2, -0.15) is 5.10 Å². The summed E-state index contributed by atoms with van der Waals surface area (Å²) in [6.45, 7) is 10.5. The number of hydrogen-bond donors (Lipinski definition) is 1. The van der Waals surface area contributed by atoms with Crippen LogP contribution >= 0.6 is 0 Å². The van der Waals surface area contributed by atoms with E-state index in [-0.39, 0.29) is 5.91 Å². The number of anilines is 1. The second-order valence-corrected chi connectivity index (χ2v) is 8.11. The Morgan fingerprint density at radius 3 is 2.33 bits per heavy atom. The molecule has 0 saturated heterocycles. The van der Waals surface area contributed by atoms with Crippen molar-refractivity contribution in [3.63, 3.8) is 0 Å². The molecule has 1 heterocycles. The van der Waals surface area contributed by atoms with Crippen LogP contribution in [-0.2, 0) is 0 Å². The predicted molar refractivity (Wildman–Crippen MR) is 138 cm³/mol. The van der Waals surface area contributed by atoms with E-state index in [1.807, 2.05) is 42.5 Å². The van der Waals surface area contributed by atoms with Crippen molar-refractivity contribution in [2.75, 3.05) is 18.0 Å². The summed E-state index contributed by atoms with van der Waals surface area (Å²) in [5, 5.41) is 6.36. The van der Waals surface area contributed by atoms with Gasteiger partial charge in [-0.15, -0.1) is 0 Å². The van der Waals surface area contributed by atoms with Crippen molar-refractivity contribution in [1.29, 1.82) is 0 Å². The Bertz CT molecular complexity index is 1300. The molecule has 0 atom stereocenters. The number of aromatic nitrogens is 1. The minimum Gasteiger partial charge on any atom is -0.372 e. The van der Waals surface area contributed by atoms with E-state index in [1.165, 1.54) is 5.69 Å². The fraction of sp³-hybridized carbons (Fsp3) is 0.214. The van der Waals surface area contributed by atoms with Gasteiger partial charge in [0.25, 0.3) is 5.91 Å². The second kappa shape index (κ2) is 9.74. The van der Waals surface area contributed by atoms with Crippen LogP contribution in [0.15, 0.2) is 77.9 Å². The third-order valence-corrected chi connectivity index (χ3v) is 6.09. The van der Waals surface area contributed by atoms with Crippen LogP contribution in [0.5, 0.6) is 0 Å². The maximum absolute atomic E-state index is 12.6. The van der Waals surface area contributed by atoms with Crippen LogP contribution in [0, 0.1) is 13.8 Å². The molecule has 0 radical (unpaired) electrons. The number of rotatable bonds is 7. The van der Waals surface area contributed by atoms with Gasteiger partial charge in [-0.3, -0.25) is 4.79 Å². The van der Waals surface area contributed by atoms with E-state index in [9.17, 15) is 4.79 Å². The van der Waals surface area contributed by atoms with Crippen molar-refractivity contribution >= 4 is 28.6 Å². The molecule has 1 N–H and O–H groups in total. The molecule has 0 unspecified atom stereocenters. The van der Waals surface area contributed by atoms with Crippen LogP contribution in [0.4, 0.5) is 5.69 Å². The number of fused-ring (bicyclic) bond motifs is 1. The Hall–Kier alpha value is -3.86. The number of benzene rings is 3. The van der Waals surface area contributed by atoms with Gasteiger partial charge in [0.05, 0.1) is 6.21 Å². The predicted octanol–water partition coefficient (Wildman–Crippen LogP) is 5.86. The standard InChI is InChI=1S/C28H30N4O/c1-5-31(6-2)26-13-15-27(16-14-26)32-20(3)17-25(21(32)4)19-29-30-28(33)24-12-11-22-9-7-8-10-23(22)18-24/h7-19H,5-6H2,1-4H3,(H,30,33)/b29-19+. The molecule has 0 fully saturated rings. The molecule has 4 aromatic rings. The molecule has 0 spiro atoms. The van der Waals surface area contributed by atoms with Crippen molar-refractivity contribution in [2.24, 2.45) is 5.10 Å². The zero-order valence-corrected chi connectivity index (χ0v) is 19.7. The number of nitrogens with one attached hydrogen (secondary N) is 1. The van der Waals surface area contributed by atoms with Crippen molar-refractivity contribution in [2.45, 2.75) is 27.7 Å². The summed E-state index contributed by atoms with van der Waals surface area (Å²) in [7, 11) is 0. The average molecular weight is 439 g/mol.